The Bertz CT molecular complexity index is 821. The molecule has 0 amide bonds. The van der Waals surface area contributed by atoms with Gasteiger partial charge in [-0.05, 0) is 62.2 Å². The van der Waals surface area contributed by atoms with Gasteiger partial charge in [0.05, 0.1) is 4.92 Å². The van der Waals surface area contributed by atoms with E-state index in [0.717, 1.165) is 45.1 Å². The Labute approximate surface area is 173 Å². The summed E-state index contributed by atoms with van der Waals surface area (Å²) in [5.74, 6) is 0.832. The van der Waals surface area contributed by atoms with Crippen molar-refractivity contribution in [3.8, 4) is 0 Å². The van der Waals surface area contributed by atoms with Crippen LogP contribution in [0.2, 0.25) is 0 Å². The zero-order valence-corrected chi connectivity index (χ0v) is 17.9. The maximum absolute atomic E-state index is 12.0. The molecular weight excluding hydrogens is 366 g/mol. The predicted molar refractivity (Wildman–Crippen MR) is 115 cm³/mol. The fourth-order valence-electron chi connectivity index (χ4n) is 6.06. The van der Waals surface area contributed by atoms with E-state index < -0.39 is 0 Å². The minimum Gasteiger partial charge on any atom is -0.364 e. The monoisotopic (exact) mass is 399 g/mol. The highest BCUT2D eigenvalue weighted by atomic mass is 16.6. The molecule has 1 aromatic heterocycles. The number of nitro groups is 1. The molecule has 1 saturated carbocycles. The Morgan fingerprint density at radius 2 is 2.10 bits per heavy atom. The van der Waals surface area contributed by atoms with Crippen LogP contribution in [-0.2, 0) is 0 Å². The summed E-state index contributed by atoms with van der Waals surface area (Å²) < 4.78 is 0. The first-order chi connectivity index (χ1) is 13.8. The van der Waals surface area contributed by atoms with Gasteiger partial charge in [-0.1, -0.05) is 32.4 Å². The van der Waals surface area contributed by atoms with Crippen LogP contribution in [0.25, 0.3) is 0 Å². The van der Waals surface area contributed by atoms with Crippen LogP contribution in [0, 0.1) is 20.9 Å². The van der Waals surface area contributed by atoms with Crippen molar-refractivity contribution in [3.05, 3.63) is 28.1 Å². The fourth-order valence-corrected chi connectivity index (χ4v) is 6.06. The molecule has 2 aliphatic carbocycles. The minimum absolute atomic E-state index is 0.0269. The molecule has 2 unspecified atom stereocenters. The van der Waals surface area contributed by atoms with Crippen LogP contribution < -0.4 is 10.2 Å². The standard InChI is InChI=1S/C22H33N5O2/c1-21(2)11-17-12-22(3,13-21)14-26(17)20-18(27(28)29)19(24-15-25-20)23-10-9-16-7-5-4-6-8-16/h7,15,17H,4-6,8-14H2,1-3H3,(H,23,24,25). The predicted octanol–water partition coefficient (Wildman–Crippen LogP) is 5.09. The SMILES string of the molecule is CC1(C)CC2CC(C)(CN2c2ncnc(NCCC3=CCCCC3)c2[N+](=O)[O-])C1. The molecule has 2 atom stereocenters. The zero-order valence-electron chi connectivity index (χ0n) is 17.9. The summed E-state index contributed by atoms with van der Waals surface area (Å²) in [6, 6.07) is 0.303. The second-order valence-corrected chi connectivity index (χ2v) is 10.3. The molecule has 158 valence electrons. The van der Waals surface area contributed by atoms with E-state index in [1.54, 1.807) is 0 Å². The molecule has 1 aliphatic heterocycles. The van der Waals surface area contributed by atoms with E-state index >= 15 is 0 Å². The highest BCUT2D eigenvalue weighted by Crippen LogP contribution is 2.54. The number of aromatic nitrogens is 2. The van der Waals surface area contributed by atoms with Crippen LogP contribution in [-0.4, -0.2) is 34.0 Å². The van der Waals surface area contributed by atoms with E-state index in [9.17, 15) is 10.1 Å². The summed E-state index contributed by atoms with van der Waals surface area (Å²) in [5, 5.41) is 15.2. The number of hydrogen-bond donors (Lipinski definition) is 1. The molecule has 3 aliphatic rings. The Morgan fingerprint density at radius 3 is 2.83 bits per heavy atom. The Morgan fingerprint density at radius 1 is 1.28 bits per heavy atom. The van der Waals surface area contributed by atoms with Gasteiger partial charge in [0.2, 0.25) is 11.6 Å². The highest BCUT2D eigenvalue weighted by Gasteiger charge is 2.51. The quantitative estimate of drug-likeness (QED) is 0.407. The van der Waals surface area contributed by atoms with E-state index in [-0.39, 0.29) is 21.4 Å². The Balaban J connectivity index is 1.56. The minimum atomic E-state index is -0.312. The summed E-state index contributed by atoms with van der Waals surface area (Å²) in [7, 11) is 0. The van der Waals surface area contributed by atoms with E-state index in [2.05, 4.69) is 47.0 Å². The molecule has 0 aromatic carbocycles. The molecule has 0 radical (unpaired) electrons. The maximum atomic E-state index is 12.0. The number of hydrogen-bond acceptors (Lipinski definition) is 6. The normalized spacial score (nSPS) is 28.2. The van der Waals surface area contributed by atoms with Crippen LogP contribution in [0.5, 0.6) is 0 Å². The smallest absolute Gasteiger partial charge is 0.353 e. The van der Waals surface area contributed by atoms with Gasteiger partial charge in [0, 0.05) is 19.1 Å². The van der Waals surface area contributed by atoms with E-state index in [4.69, 9.17) is 0 Å². The average molecular weight is 400 g/mol. The number of fused-ring (bicyclic) bond motifs is 2. The van der Waals surface area contributed by atoms with Crippen LogP contribution in [0.4, 0.5) is 17.3 Å². The zero-order chi connectivity index (χ0) is 20.6. The molecule has 2 fully saturated rings. The van der Waals surface area contributed by atoms with Gasteiger partial charge in [0.1, 0.15) is 6.33 Å². The van der Waals surface area contributed by atoms with Gasteiger partial charge in [-0.25, -0.2) is 9.97 Å². The number of nitrogens with zero attached hydrogens (tertiary/aromatic N) is 4. The van der Waals surface area contributed by atoms with Gasteiger partial charge < -0.3 is 10.2 Å². The lowest BCUT2D eigenvalue weighted by Gasteiger charge is -2.39. The topological polar surface area (TPSA) is 84.2 Å². The molecule has 1 N–H and O–H groups in total. The van der Waals surface area contributed by atoms with Crippen LogP contribution in [0.15, 0.2) is 18.0 Å². The van der Waals surface area contributed by atoms with Crippen LogP contribution in [0.1, 0.15) is 72.1 Å². The third-order valence-electron chi connectivity index (χ3n) is 6.80. The van der Waals surface area contributed by atoms with Crippen molar-refractivity contribution >= 4 is 17.3 Å². The summed E-state index contributed by atoms with van der Waals surface area (Å²) in [4.78, 5) is 22.5. The molecule has 2 bridgehead atoms. The molecule has 1 saturated heterocycles. The number of nitrogens with one attached hydrogen (secondary N) is 1. The van der Waals surface area contributed by atoms with Gasteiger partial charge in [-0.15, -0.1) is 0 Å². The first-order valence-electron chi connectivity index (χ1n) is 10.9. The summed E-state index contributed by atoms with van der Waals surface area (Å²) in [6.07, 6.45) is 12.8. The van der Waals surface area contributed by atoms with Gasteiger partial charge in [0.25, 0.3) is 0 Å². The summed E-state index contributed by atoms with van der Waals surface area (Å²) in [6.45, 7) is 8.41. The van der Waals surface area contributed by atoms with Crippen molar-refractivity contribution in [3.63, 3.8) is 0 Å². The number of allylic oxidation sites excluding steroid dienone is 1. The molecular formula is C22H33N5O2. The molecule has 2 heterocycles. The van der Waals surface area contributed by atoms with Crippen molar-refractivity contribution in [1.82, 2.24) is 9.97 Å². The highest BCUT2D eigenvalue weighted by molar-refractivity contribution is 5.71. The van der Waals surface area contributed by atoms with E-state index in [1.807, 2.05) is 0 Å². The van der Waals surface area contributed by atoms with Gasteiger partial charge in [-0.3, -0.25) is 10.1 Å². The Kier molecular flexibility index (Phi) is 5.25. The lowest BCUT2D eigenvalue weighted by atomic mass is 9.65. The molecule has 29 heavy (non-hydrogen) atoms. The van der Waals surface area contributed by atoms with Crippen molar-refractivity contribution in [2.45, 2.75) is 78.2 Å². The van der Waals surface area contributed by atoms with Crippen molar-refractivity contribution in [1.29, 1.82) is 0 Å². The first-order valence-corrected chi connectivity index (χ1v) is 10.9. The fraction of sp³-hybridized carbons (Fsp3) is 0.727. The van der Waals surface area contributed by atoms with E-state index in [0.29, 0.717) is 24.2 Å². The van der Waals surface area contributed by atoms with Gasteiger partial charge in [-0.2, -0.15) is 0 Å². The number of anilines is 2. The van der Waals surface area contributed by atoms with Crippen LogP contribution >= 0.6 is 0 Å². The van der Waals surface area contributed by atoms with Crippen molar-refractivity contribution in [2.75, 3.05) is 23.3 Å². The van der Waals surface area contributed by atoms with E-state index in [1.165, 1.54) is 24.7 Å². The molecule has 0 spiro atoms. The van der Waals surface area contributed by atoms with Crippen molar-refractivity contribution in [2.24, 2.45) is 10.8 Å². The second-order valence-electron chi connectivity index (χ2n) is 10.3. The maximum Gasteiger partial charge on any atom is 0.353 e. The van der Waals surface area contributed by atoms with Gasteiger partial charge >= 0.3 is 5.69 Å². The first kappa shape index (κ1) is 20.1. The lowest BCUT2D eigenvalue weighted by Crippen LogP contribution is -2.35. The molecule has 1 aromatic rings. The van der Waals surface area contributed by atoms with Crippen molar-refractivity contribution < 1.29 is 4.92 Å². The molecule has 7 heteroatoms. The Hall–Kier alpha value is -2.18. The molecule has 4 rings (SSSR count). The summed E-state index contributed by atoms with van der Waals surface area (Å²) in [5.41, 5.74) is 1.92. The van der Waals surface area contributed by atoms with Crippen LogP contribution in [0.3, 0.4) is 0 Å². The summed E-state index contributed by atoms with van der Waals surface area (Å²) >= 11 is 0. The average Bonchev–Trinajstić information content (AvgIpc) is 2.91. The third kappa shape index (κ3) is 4.23. The largest absolute Gasteiger partial charge is 0.364 e. The lowest BCUT2D eigenvalue weighted by molar-refractivity contribution is -0.383. The third-order valence-corrected chi connectivity index (χ3v) is 6.80. The molecule has 7 nitrogen and oxygen atoms in total. The second kappa shape index (κ2) is 7.58. The van der Waals surface area contributed by atoms with Gasteiger partial charge in [0.15, 0.2) is 0 Å². The number of rotatable bonds is 6.